The van der Waals surface area contributed by atoms with E-state index in [2.05, 4.69) is 15.0 Å². The molecule has 0 spiro atoms. The first-order chi connectivity index (χ1) is 9.49. The number of halogens is 2. The van der Waals surface area contributed by atoms with Crippen LogP contribution in [0.3, 0.4) is 0 Å². The van der Waals surface area contributed by atoms with E-state index in [9.17, 15) is 13.6 Å². The number of ether oxygens (including phenoxy) is 2. The molecule has 2 rings (SSSR count). The maximum absolute atomic E-state index is 12.2. The van der Waals surface area contributed by atoms with Crippen LogP contribution in [0.5, 0.6) is 11.5 Å². The fourth-order valence-electron chi connectivity index (χ4n) is 1.89. The van der Waals surface area contributed by atoms with Crippen LogP contribution in [0, 0.1) is 0 Å². The number of methoxy groups -OCH3 is 1. The van der Waals surface area contributed by atoms with Gasteiger partial charge in [0.15, 0.2) is 17.5 Å². The van der Waals surface area contributed by atoms with Crippen LogP contribution < -0.4 is 20.5 Å². The van der Waals surface area contributed by atoms with Gasteiger partial charge in [-0.3, -0.25) is 10.1 Å². The molecule has 0 aromatic heterocycles. The van der Waals surface area contributed by atoms with Gasteiger partial charge in [-0.05, 0) is 17.7 Å². The molecule has 1 aromatic rings. The number of alkyl halides is 2. The Morgan fingerprint density at radius 2 is 2.20 bits per heavy atom. The van der Waals surface area contributed by atoms with Crippen molar-refractivity contribution < 1.29 is 23.0 Å². The highest BCUT2D eigenvalue weighted by Gasteiger charge is 2.22. The number of nitrogens with zero attached hydrogens (tertiary/aromatic N) is 1. The van der Waals surface area contributed by atoms with Crippen molar-refractivity contribution in [1.82, 2.24) is 5.32 Å². The average Bonchev–Trinajstić information content (AvgIpc) is 2.37. The number of amides is 1. The minimum Gasteiger partial charge on any atom is -0.493 e. The van der Waals surface area contributed by atoms with Gasteiger partial charge < -0.3 is 15.2 Å². The smallest absolute Gasteiger partial charge is 0.387 e. The molecule has 20 heavy (non-hydrogen) atoms. The first-order valence-electron chi connectivity index (χ1n) is 5.75. The third-order valence-corrected chi connectivity index (χ3v) is 2.73. The Hall–Kier alpha value is -2.38. The summed E-state index contributed by atoms with van der Waals surface area (Å²) in [6.07, 6.45) is 0.124. The Bertz CT molecular complexity index is 549. The van der Waals surface area contributed by atoms with E-state index < -0.39 is 12.7 Å². The number of carbonyl (C=O) groups is 1. The Kier molecular flexibility index (Phi) is 4.02. The van der Waals surface area contributed by atoms with Gasteiger partial charge in [-0.15, -0.1) is 0 Å². The SMILES string of the molecule is COc1cc(C2CC(=O)NC(N)=N2)ccc1OC(F)F. The van der Waals surface area contributed by atoms with Crippen molar-refractivity contribution in [3.05, 3.63) is 23.8 Å². The van der Waals surface area contributed by atoms with E-state index in [0.29, 0.717) is 5.56 Å². The van der Waals surface area contributed by atoms with Crippen molar-refractivity contribution in [3.63, 3.8) is 0 Å². The molecular weight excluding hydrogens is 272 g/mol. The molecule has 0 saturated carbocycles. The lowest BCUT2D eigenvalue weighted by Crippen LogP contribution is -2.41. The molecule has 108 valence electrons. The lowest BCUT2D eigenvalue weighted by Gasteiger charge is -2.20. The zero-order chi connectivity index (χ0) is 14.7. The van der Waals surface area contributed by atoms with E-state index >= 15 is 0 Å². The predicted octanol–water partition coefficient (Wildman–Crippen LogP) is 1.17. The van der Waals surface area contributed by atoms with Crippen molar-refractivity contribution in [1.29, 1.82) is 0 Å². The number of guanidine groups is 1. The van der Waals surface area contributed by atoms with Crippen LogP contribution in [0.4, 0.5) is 8.78 Å². The number of aliphatic imine (C=N–C) groups is 1. The molecule has 6 nitrogen and oxygen atoms in total. The van der Waals surface area contributed by atoms with Gasteiger partial charge in [-0.25, -0.2) is 4.99 Å². The highest BCUT2D eigenvalue weighted by molar-refractivity contribution is 5.98. The van der Waals surface area contributed by atoms with Crippen molar-refractivity contribution in [2.24, 2.45) is 10.7 Å². The van der Waals surface area contributed by atoms with Gasteiger partial charge in [0, 0.05) is 0 Å². The quantitative estimate of drug-likeness (QED) is 0.869. The fourth-order valence-corrected chi connectivity index (χ4v) is 1.89. The standard InChI is InChI=1S/C12H13F2N3O3/c1-19-9-4-6(2-3-8(9)20-11(13)14)7-5-10(18)17-12(15)16-7/h2-4,7,11H,5H2,1H3,(H3,15,16,17,18). The van der Waals surface area contributed by atoms with Crippen molar-refractivity contribution in [3.8, 4) is 11.5 Å². The van der Waals surface area contributed by atoms with Crippen LogP contribution in [0.15, 0.2) is 23.2 Å². The molecule has 1 aromatic carbocycles. The second-order valence-corrected chi connectivity index (χ2v) is 4.07. The average molecular weight is 285 g/mol. The van der Waals surface area contributed by atoms with Crippen LogP contribution in [-0.4, -0.2) is 25.6 Å². The minimum absolute atomic E-state index is 0.0260. The first kappa shape index (κ1) is 14.0. The Morgan fingerprint density at radius 3 is 2.80 bits per heavy atom. The van der Waals surface area contributed by atoms with Crippen LogP contribution in [0.2, 0.25) is 0 Å². The van der Waals surface area contributed by atoms with E-state index in [0.717, 1.165) is 0 Å². The Labute approximate surface area is 113 Å². The summed E-state index contributed by atoms with van der Waals surface area (Å²) in [5.74, 6) is -0.168. The zero-order valence-corrected chi connectivity index (χ0v) is 10.6. The molecular formula is C12H13F2N3O3. The van der Waals surface area contributed by atoms with Crippen LogP contribution in [0.1, 0.15) is 18.0 Å². The van der Waals surface area contributed by atoms with Gasteiger partial charge >= 0.3 is 6.61 Å². The Morgan fingerprint density at radius 1 is 1.45 bits per heavy atom. The number of nitrogens with one attached hydrogen (secondary N) is 1. The number of rotatable bonds is 4. The molecule has 1 amide bonds. The molecule has 1 aliphatic rings. The summed E-state index contributed by atoms with van der Waals surface area (Å²) in [6.45, 7) is -2.94. The molecule has 1 unspecified atom stereocenters. The zero-order valence-electron chi connectivity index (χ0n) is 10.6. The first-order valence-corrected chi connectivity index (χ1v) is 5.75. The van der Waals surface area contributed by atoms with Crippen LogP contribution in [0.25, 0.3) is 0 Å². The number of nitrogens with two attached hydrogens (primary N) is 1. The highest BCUT2D eigenvalue weighted by atomic mass is 19.3. The summed E-state index contributed by atoms with van der Waals surface area (Å²) < 4.78 is 33.8. The lowest BCUT2D eigenvalue weighted by atomic mass is 10.0. The molecule has 3 N–H and O–H groups in total. The molecule has 1 atom stereocenters. The van der Waals surface area contributed by atoms with Gasteiger partial charge in [0.1, 0.15) is 0 Å². The van der Waals surface area contributed by atoms with Crippen LogP contribution in [-0.2, 0) is 4.79 Å². The van der Waals surface area contributed by atoms with Crippen molar-refractivity contribution in [2.75, 3.05) is 7.11 Å². The third kappa shape index (κ3) is 3.14. The molecule has 1 aliphatic heterocycles. The normalized spacial score (nSPS) is 18.5. The monoisotopic (exact) mass is 285 g/mol. The van der Waals surface area contributed by atoms with E-state index in [1.54, 1.807) is 6.07 Å². The van der Waals surface area contributed by atoms with Gasteiger partial charge in [0.25, 0.3) is 0 Å². The highest BCUT2D eigenvalue weighted by Crippen LogP contribution is 2.33. The second kappa shape index (κ2) is 5.72. The lowest BCUT2D eigenvalue weighted by molar-refractivity contribution is -0.120. The summed E-state index contributed by atoms with van der Waals surface area (Å²) >= 11 is 0. The molecule has 0 bridgehead atoms. The number of hydrogen-bond acceptors (Lipinski definition) is 5. The Balaban J connectivity index is 2.29. The molecule has 0 aliphatic carbocycles. The summed E-state index contributed by atoms with van der Waals surface area (Å²) in [4.78, 5) is 15.5. The van der Waals surface area contributed by atoms with Crippen molar-refractivity contribution in [2.45, 2.75) is 19.1 Å². The molecule has 0 radical (unpaired) electrons. The largest absolute Gasteiger partial charge is 0.493 e. The van der Waals surface area contributed by atoms with Crippen molar-refractivity contribution >= 4 is 11.9 Å². The van der Waals surface area contributed by atoms with Gasteiger partial charge in [-0.1, -0.05) is 6.07 Å². The number of hydrogen-bond donors (Lipinski definition) is 2. The van der Waals surface area contributed by atoms with E-state index in [-0.39, 0.29) is 29.8 Å². The van der Waals surface area contributed by atoms with E-state index in [4.69, 9.17) is 10.5 Å². The molecule has 8 heteroatoms. The molecule has 0 saturated heterocycles. The maximum atomic E-state index is 12.2. The molecule has 1 heterocycles. The topological polar surface area (TPSA) is 85.9 Å². The fraction of sp³-hybridized carbons (Fsp3) is 0.333. The van der Waals surface area contributed by atoms with E-state index in [1.807, 2.05) is 0 Å². The van der Waals surface area contributed by atoms with Gasteiger partial charge in [0.2, 0.25) is 5.91 Å². The van der Waals surface area contributed by atoms with Gasteiger partial charge in [-0.2, -0.15) is 8.78 Å². The number of benzene rings is 1. The van der Waals surface area contributed by atoms with E-state index in [1.165, 1.54) is 19.2 Å². The number of carbonyl (C=O) groups excluding carboxylic acids is 1. The van der Waals surface area contributed by atoms with Gasteiger partial charge in [0.05, 0.1) is 19.6 Å². The van der Waals surface area contributed by atoms with Crippen LogP contribution >= 0.6 is 0 Å². The maximum Gasteiger partial charge on any atom is 0.387 e. The molecule has 0 fully saturated rings. The summed E-state index contributed by atoms with van der Waals surface area (Å²) in [7, 11) is 1.34. The third-order valence-electron chi connectivity index (χ3n) is 2.73. The minimum atomic E-state index is -2.94. The predicted molar refractivity (Wildman–Crippen MR) is 66.7 cm³/mol. The summed E-state index contributed by atoms with van der Waals surface area (Å²) in [5, 5.41) is 2.38. The summed E-state index contributed by atoms with van der Waals surface area (Å²) in [6, 6.07) is 3.91. The summed E-state index contributed by atoms with van der Waals surface area (Å²) in [5.41, 5.74) is 6.11. The second-order valence-electron chi connectivity index (χ2n) is 4.07.